The molecule has 0 aliphatic carbocycles. The summed E-state index contributed by atoms with van der Waals surface area (Å²) in [7, 11) is -7.66. The quantitative estimate of drug-likeness (QED) is 0.159. The molecule has 0 rings (SSSR count). The Hall–Kier alpha value is -1.76. The number of hydrogen-bond donors (Lipinski definition) is 0. The molecule has 0 spiro atoms. The molecule has 0 aromatic carbocycles. The summed E-state index contributed by atoms with van der Waals surface area (Å²) < 4.78 is 345. The van der Waals surface area contributed by atoms with Gasteiger partial charge in [0.25, 0.3) is 0 Å². The third kappa shape index (κ3) is 5.10. The van der Waals surface area contributed by atoms with Crippen LogP contribution in [0, 0.1) is 0 Å². The molecule has 29 heteroatoms. The molecule has 0 bridgehead atoms. The van der Waals surface area contributed by atoms with Crippen molar-refractivity contribution in [2.75, 3.05) is 0 Å². The Bertz CT molecular complexity index is 985. The van der Waals surface area contributed by atoms with Gasteiger partial charge in [-0.05, 0) is 4.57 Å². The Morgan fingerprint density at radius 1 is 0.317 bits per heavy atom. The van der Waals surface area contributed by atoms with E-state index in [0.717, 1.165) is 0 Å². The summed E-state index contributed by atoms with van der Waals surface area (Å²) in [6.45, 7) is 0. The van der Waals surface area contributed by atoms with Crippen LogP contribution in [0.5, 0.6) is 0 Å². The molecule has 0 heterocycles. The fourth-order valence-corrected chi connectivity index (χ4v) is 2.66. The third-order valence-corrected chi connectivity index (χ3v) is 5.38. The van der Waals surface area contributed by atoms with Gasteiger partial charge in [0, 0.05) is 0 Å². The highest BCUT2D eigenvalue weighted by molar-refractivity contribution is 7.40. The Balaban J connectivity index is 6.82. The average Bonchev–Trinajstić information content (AvgIpc) is 2.70. The van der Waals surface area contributed by atoms with Gasteiger partial charge in [0.15, 0.2) is 0 Å². The van der Waals surface area contributed by atoms with E-state index in [1.165, 1.54) is 4.52 Å². The molecule has 0 fully saturated rings. The molecular formula is C12F26O2P+. The lowest BCUT2D eigenvalue weighted by Crippen LogP contribution is -2.70. The van der Waals surface area contributed by atoms with Crippen molar-refractivity contribution in [1.29, 1.82) is 0 Å². The van der Waals surface area contributed by atoms with Crippen molar-refractivity contribution in [3.05, 3.63) is 0 Å². The molecule has 0 aromatic heterocycles. The van der Waals surface area contributed by atoms with Crippen molar-refractivity contribution >= 4 is 8.03 Å². The standard InChI is InChI=1S/C12F26O2P/c13-1(14,5(21,22)9(29,30)31)3(17,18)7(25,26)11(35,36)40-41(39)12(37,38)8(27,28)4(19,20)2(15,16)6(23,24)10(32,33)34/q+1. The van der Waals surface area contributed by atoms with Crippen molar-refractivity contribution in [3.63, 3.8) is 0 Å². The van der Waals surface area contributed by atoms with Gasteiger partial charge in [-0.25, -0.2) is 0 Å². The molecule has 1 atom stereocenters. The van der Waals surface area contributed by atoms with Crippen LogP contribution in [0.3, 0.4) is 0 Å². The second-order valence-electron chi connectivity index (χ2n) is 7.00. The van der Waals surface area contributed by atoms with E-state index in [9.17, 15) is 119 Å². The average molecular weight is 701 g/mol. The molecule has 0 aromatic rings. The second-order valence-corrected chi connectivity index (χ2v) is 8.26. The minimum Gasteiger partial charge on any atom is -0.192 e. The van der Waals surface area contributed by atoms with Crippen molar-refractivity contribution in [2.24, 2.45) is 0 Å². The van der Waals surface area contributed by atoms with E-state index in [4.69, 9.17) is 0 Å². The van der Waals surface area contributed by atoms with Gasteiger partial charge < -0.3 is 0 Å². The van der Waals surface area contributed by atoms with Crippen molar-refractivity contribution in [3.8, 4) is 0 Å². The SMILES string of the molecule is O=[P+](OC(F)(F)C(F)(F)C(F)(F)C(F)(F)C(F)(F)C(F)(F)F)C(F)(F)C(F)(F)C(F)(F)C(F)(F)C(F)(F)C(F)(F)F. The molecule has 1 unspecified atom stereocenters. The highest BCUT2D eigenvalue weighted by Crippen LogP contribution is 2.67. The van der Waals surface area contributed by atoms with E-state index < -0.39 is 79.5 Å². The normalized spacial score (nSPS) is 17.2. The first-order valence-corrected chi connectivity index (χ1v) is 9.38. The fraction of sp³-hybridized carbons (Fsp3) is 1.00. The van der Waals surface area contributed by atoms with Gasteiger partial charge in [-0.2, -0.15) is 105 Å². The molecule has 0 aliphatic rings. The maximum absolute atomic E-state index is 13.4. The van der Waals surface area contributed by atoms with Gasteiger partial charge in [0.2, 0.25) is 0 Å². The zero-order valence-electron chi connectivity index (χ0n) is 17.1. The van der Waals surface area contributed by atoms with Crippen LogP contribution in [-0.2, 0) is 9.09 Å². The first-order valence-electron chi connectivity index (χ1n) is 8.21. The summed E-state index contributed by atoms with van der Waals surface area (Å²) in [5.74, 6) is -70.3. The zero-order chi connectivity index (χ0) is 34.3. The van der Waals surface area contributed by atoms with E-state index in [-0.39, 0.29) is 0 Å². The molecule has 41 heavy (non-hydrogen) atoms. The summed E-state index contributed by atoms with van der Waals surface area (Å²) in [4.78, 5) is 0. The number of hydrogen-bond acceptors (Lipinski definition) is 2. The van der Waals surface area contributed by atoms with Crippen LogP contribution < -0.4 is 0 Å². The molecule has 0 amide bonds. The van der Waals surface area contributed by atoms with Crippen LogP contribution in [0.15, 0.2) is 0 Å². The fourth-order valence-electron chi connectivity index (χ4n) is 1.85. The monoisotopic (exact) mass is 701 g/mol. The van der Waals surface area contributed by atoms with Crippen molar-refractivity contribution in [2.45, 2.75) is 71.5 Å². The maximum atomic E-state index is 13.4. The van der Waals surface area contributed by atoms with Crippen LogP contribution in [0.4, 0.5) is 114 Å². The predicted octanol–water partition coefficient (Wildman–Crippen LogP) is 9.14. The van der Waals surface area contributed by atoms with Gasteiger partial charge in [0.05, 0.1) is 0 Å². The summed E-state index contributed by atoms with van der Waals surface area (Å²) in [6, 6.07) is 0. The van der Waals surface area contributed by atoms with Crippen LogP contribution in [0.2, 0.25) is 0 Å². The smallest absolute Gasteiger partial charge is 0.192 e. The Kier molecular flexibility index (Phi) is 9.21. The van der Waals surface area contributed by atoms with Gasteiger partial charge in [-0.3, -0.25) is 0 Å². The Morgan fingerprint density at radius 3 is 0.780 bits per heavy atom. The minimum atomic E-state index is -8.97. The van der Waals surface area contributed by atoms with Crippen LogP contribution >= 0.6 is 8.03 Å². The lowest BCUT2D eigenvalue weighted by atomic mass is 9.97. The minimum absolute atomic E-state index is 1.26. The van der Waals surface area contributed by atoms with Crippen molar-refractivity contribution in [1.82, 2.24) is 0 Å². The molecule has 0 radical (unpaired) electrons. The molecule has 0 aliphatic heterocycles. The van der Waals surface area contributed by atoms with Crippen molar-refractivity contribution < 1.29 is 123 Å². The number of alkyl halides is 26. The Labute approximate surface area is 204 Å². The molecule has 0 saturated carbocycles. The molecule has 246 valence electrons. The first-order chi connectivity index (χ1) is 17.1. The van der Waals surface area contributed by atoms with E-state index in [2.05, 4.69) is 0 Å². The molecule has 0 saturated heterocycles. The summed E-state index contributed by atoms with van der Waals surface area (Å²) in [5.41, 5.74) is -8.41. The topological polar surface area (TPSA) is 26.3 Å². The van der Waals surface area contributed by atoms with Gasteiger partial charge in [0.1, 0.15) is 0 Å². The highest BCUT2D eigenvalue weighted by Gasteiger charge is 2.97. The highest BCUT2D eigenvalue weighted by atomic mass is 31.1. The van der Waals surface area contributed by atoms with Crippen LogP contribution in [-0.4, -0.2) is 71.5 Å². The largest absolute Gasteiger partial charge is 0.600 e. The van der Waals surface area contributed by atoms with Gasteiger partial charge in [-0.1, -0.05) is 4.52 Å². The predicted molar refractivity (Wildman–Crippen MR) is 70.3 cm³/mol. The lowest BCUT2D eigenvalue weighted by molar-refractivity contribution is -0.457. The van der Waals surface area contributed by atoms with E-state index in [1.54, 1.807) is 0 Å². The zero-order valence-corrected chi connectivity index (χ0v) is 18.0. The number of halogens is 26. The maximum Gasteiger partial charge on any atom is 0.600 e. The summed E-state index contributed by atoms with van der Waals surface area (Å²) in [6.07, 6.45) is -24.6. The van der Waals surface area contributed by atoms with Crippen LogP contribution in [0.1, 0.15) is 0 Å². The van der Waals surface area contributed by atoms with E-state index >= 15 is 0 Å². The molecule has 2 nitrogen and oxygen atoms in total. The second kappa shape index (κ2) is 9.62. The van der Waals surface area contributed by atoms with Crippen LogP contribution in [0.25, 0.3) is 0 Å². The Morgan fingerprint density at radius 2 is 0.537 bits per heavy atom. The molecule has 0 N–H and O–H groups in total. The number of rotatable bonds is 11. The van der Waals surface area contributed by atoms with Gasteiger partial charge in [-0.15, -0.1) is 8.78 Å². The van der Waals surface area contributed by atoms with E-state index in [1.807, 2.05) is 0 Å². The molecular weight excluding hydrogens is 701 g/mol. The summed E-state index contributed by atoms with van der Waals surface area (Å²) >= 11 is 0. The van der Waals surface area contributed by atoms with E-state index in [0.29, 0.717) is 0 Å². The third-order valence-electron chi connectivity index (χ3n) is 4.25. The first kappa shape index (κ1) is 39.2. The van der Waals surface area contributed by atoms with Gasteiger partial charge >= 0.3 is 79.5 Å². The lowest BCUT2D eigenvalue weighted by Gasteiger charge is -2.38. The summed E-state index contributed by atoms with van der Waals surface area (Å²) in [5, 5.41) is 0.